The molecule has 0 spiro atoms. The molecule has 5 nitrogen and oxygen atoms in total. The number of rotatable bonds is 3. The van der Waals surface area contributed by atoms with E-state index in [-0.39, 0.29) is 17.0 Å². The van der Waals surface area contributed by atoms with Crippen molar-refractivity contribution in [2.45, 2.75) is 13.5 Å². The molecule has 0 aliphatic heterocycles. The summed E-state index contributed by atoms with van der Waals surface area (Å²) in [5, 5.41) is 11.5. The summed E-state index contributed by atoms with van der Waals surface area (Å²) in [6.07, 6.45) is 0. The van der Waals surface area contributed by atoms with E-state index in [1.54, 1.807) is 22.8 Å². The van der Waals surface area contributed by atoms with Gasteiger partial charge in [-0.1, -0.05) is 16.8 Å². The maximum Gasteiger partial charge on any atom is 0.262 e. The summed E-state index contributed by atoms with van der Waals surface area (Å²) in [6, 6.07) is 6.96. The van der Waals surface area contributed by atoms with E-state index < -0.39 is 0 Å². The first kappa shape index (κ1) is 13.6. The minimum atomic E-state index is -0.292. The Bertz CT molecular complexity index is 691. The van der Waals surface area contributed by atoms with Crippen LogP contribution < -0.4 is 11.3 Å². The van der Waals surface area contributed by atoms with E-state index in [4.69, 9.17) is 22.5 Å². The van der Waals surface area contributed by atoms with Crippen LogP contribution in [0.3, 0.4) is 0 Å². The van der Waals surface area contributed by atoms with E-state index >= 15 is 0 Å². The first-order chi connectivity index (χ1) is 9.02. The fraction of sp³-hybridized carbons (Fsp3) is 0.167. The average molecular weight is 298 g/mol. The summed E-state index contributed by atoms with van der Waals surface area (Å²) >= 11 is 7.28. The number of hydrogen-bond acceptors (Lipinski definition) is 4. The maximum absolute atomic E-state index is 12.3. The zero-order chi connectivity index (χ0) is 14.0. The molecule has 7 heteroatoms. The van der Waals surface area contributed by atoms with Crippen LogP contribution in [0, 0.1) is 6.92 Å². The smallest absolute Gasteiger partial charge is 0.262 e. The number of amidine groups is 1. The Morgan fingerprint density at radius 3 is 2.79 bits per heavy atom. The maximum atomic E-state index is 12.3. The Morgan fingerprint density at radius 2 is 2.21 bits per heavy atom. The van der Waals surface area contributed by atoms with Gasteiger partial charge >= 0.3 is 0 Å². The lowest BCUT2D eigenvalue weighted by atomic mass is 10.2. The Balaban J connectivity index is 2.48. The number of halogens is 1. The Labute approximate surface area is 118 Å². The molecular weight excluding hydrogens is 286 g/mol. The number of hydrogen-bond donors (Lipinski definition) is 2. The third-order valence-corrected chi connectivity index (χ3v) is 3.93. The van der Waals surface area contributed by atoms with Crippen molar-refractivity contribution in [1.82, 2.24) is 4.57 Å². The van der Waals surface area contributed by atoms with Gasteiger partial charge < -0.3 is 15.5 Å². The molecule has 0 bridgehead atoms. The molecule has 0 atom stereocenters. The zero-order valence-electron chi connectivity index (χ0n) is 10.1. The van der Waals surface area contributed by atoms with Crippen molar-refractivity contribution in [2.24, 2.45) is 10.9 Å². The van der Waals surface area contributed by atoms with Crippen LogP contribution in [0.5, 0.6) is 0 Å². The van der Waals surface area contributed by atoms with Gasteiger partial charge in [0.15, 0.2) is 5.84 Å². The number of oxime groups is 1. The highest BCUT2D eigenvalue weighted by atomic mass is 35.5. The molecule has 0 saturated carbocycles. The summed E-state index contributed by atoms with van der Waals surface area (Å²) < 4.78 is 2.24. The van der Waals surface area contributed by atoms with Crippen LogP contribution in [-0.2, 0) is 6.54 Å². The second kappa shape index (κ2) is 5.46. The van der Waals surface area contributed by atoms with Gasteiger partial charge in [0.1, 0.15) is 0 Å². The van der Waals surface area contributed by atoms with Gasteiger partial charge in [0.05, 0.1) is 16.4 Å². The second-order valence-electron chi connectivity index (χ2n) is 3.97. The fourth-order valence-corrected chi connectivity index (χ4v) is 2.79. The zero-order valence-corrected chi connectivity index (χ0v) is 11.7. The first-order valence-electron chi connectivity index (χ1n) is 5.45. The molecule has 0 radical (unpaired) electrons. The lowest BCUT2D eigenvalue weighted by Gasteiger charge is -2.10. The molecule has 100 valence electrons. The Kier molecular flexibility index (Phi) is 3.92. The summed E-state index contributed by atoms with van der Waals surface area (Å²) in [5.74, 6) is -0.192. The van der Waals surface area contributed by atoms with Crippen LogP contribution in [0.1, 0.15) is 16.1 Å². The van der Waals surface area contributed by atoms with Gasteiger partial charge in [0, 0.05) is 10.6 Å². The van der Waals surface area contributed by atoms with E-state index in [1.807, 2.05) is 13.0 Å². The molecule has 0 aliphatic carbocycles. The summed E-state index contributed by atoms with van der Waals surface area (Å²) in [4.78, 5) is 13.2. The van der Waals surface area contributed by atoms with Crippen LogP contribution >= 0.6 is 22.9 Å². The normalized spacial score (nSPS) is 11.8. The summed E-state index contributed by atoms with van der Waals surface area (Å²) in [7, 11) is 0. The minimum Gasteiger partial charge on any atom is -0.409 e. The van der Waals surface area contributed by atoms with E-state index in [2.05, 4.69) is 5.16 Å². The molecule has 0 unspecified atom stereocenters. The van der Waals surface area contributed by atoms with E-state index in [0.29, 0.717) is 10.9 Å². The van der Waals surface area contributed by atoms with Crippen LogP contribution in [0.4, 0.5) is 0 Å². The van der Waals surface area contributed by atoms with Gasteiger partial charge in [-0.15, -0.1) is 11.3 Å². The Hall–Kier alpha value is -1.79. The van der Waals surface area contributed by atoms with Gasteiger partial charge in [0.2, 0.25) is 0 Å². The molecule has 2 heterocycles. The number of nitrogens with zero attached hydrogens (tertiary/aromatic N) is 2. The van der Waals surface area contributed by atoms with E-state index in [1.165, 1.54) is 11.3 Å². The van der Waals surface area contributed by atoms with E-state index in [0.717, 1.165) is 10.6 Å². The van der Waals surface area contributed by atoms with Crippen LogP contribution in [-0.4, -0.2) is 15.6 Å². The molecular formula is C12H12ClN3O2S. The molecule has 2 aromatic rings. The van der Waals surface area contributed by atoms with Crippen molar-refractivity contribution in [1.29, 1.82) is 0 Å². The van der Waals surface area contributed by atoms with Crippen molar-refractivity contribution in [3.8, 4) is 0 Å². The van der Waals surface area contributed by atoms with Gasteiger partial charge in [-0.25, -0.2) is 0 Å². The quantitative estimate of drug-likeness (QED) is 0.393. The summed E-state index contributed by atoms with van der Waals surface area (Å²) in [5.41, 5.74) is 6.16. The average Bonchev–Trinajstić information content (AvgIpc) is 2.79. The predicted molar refractivity (Wildman–Crippen MR) is 76.4 cm³/mol. The molecule has 0 aliphatic rings. The standard InChI is InChI=1S/C12H12ClN3O2S/c1-7-2-4-9(11(14)15-18)12(17)16(7)6-8-3-5-10(13)19-8/h2-5,18H,6H2,1H3,(H2,14,15). The number of nitrogens with two attached hydrogens (primary N) is 1. The van der Waals surface area contributed by atoms with E-state index in [9.17, 15) is 4.79 Å². The SMILES string of the molecule is Cc1ccc(/C(N)=N/O)c(=O)n1Cc1ccc(Cl)s1. The van der Waals surface area contributed by atoms with Crippen LogP contribution in [0.25, 0.3) is 0 Å². The van der Waals surface area contributed by atoms with Gasteiger partial charge in [-0.3, -0.25) is 4.79 Å². The lowest BCUT2D eigenvalue weighted by Crippen LogP contribution is -2.31. The predicted octanol–water partition coefficient (Wildman–Crippen LogP) is 2.01. The molecule has 0 amide bonds. The molecule has 2 aromatic heterocycles. The Morgan fingerprint density at radius 1 is 1.47 bits per heavy atom. The molecule has 2 rings (SSSR count). The largest absolute Gasteiger partial charge is 0.409 e. The monoisotopic (exact) mass is 297 g/mol. The van der Waals surface area contributed by atoms with Crippen molar-refractivity contribution >= 4 is 28.8 Å². The topological polar surface area (TPSA) is 80.6 Å². The van der Waals surface area contributed by atoms with Crippen LogP contribution in [0.15, 0.2) is 34.2 Å². The number of pyridine rings is 1. The summed E-state index contributed by atoms with van der Waals surface area (Å²) in [6.45, 7) is 2.24. The van der Waals surface area contributed by atoms with Crippen molar-refractivity contribution < 1.29 is 5.21 Å². The highest BCUT2D eigenvalue weighted by molar-refractivity contribution is 7.16. The number of thiophene rings is 1. The lowest BCUT2D eigenvalue weighted by molar-refractivity contribution is 0.318. The molecule has 3 N–H and O–H groups in total. The van der Waals surface area contributed by atoms with Gasteiger partial charge in [-0.05, 0) is 31.2 Å². The molecule has 0 aromatic carbocycles. The highest BCUT2D eigenvalue weighted by Crippen LogP contribution is 2.22. The van der Waals surface area contributed by atoms with Crippen molar-refractivity contribution in [3.63, 3.8) is 0 Å². The first-order valence-corrected chi connectivity index (χ1v) is 6.65. The minimum absolute atomic E-state index is 0.177. The highest BCUT2D eigenvalue weighted by Gasteiger charge is 2.11. The third-order valence-electron chi connectivity index (χ3n) is 2.72. The van der Waals surface area contributed by atoms with Crippen molar-refractivity contribution in [3.05, 3.63) is 55.1 Å². The second-order valence-corrected chi connectivity index (χ2v) is 5.77. The molecule has 19 heavy (non-hydrogen) atoms. The molecule has 0 saturated heterocycles. The fourth-order valence-electron chi connectivity index (χ4n) is 1.71. The van der Waals surface area contributed by atoms with Crippen LogP contribution in [0.2, 0.25) is 4.34 Å². The van der Waals surface area contributed by atoms with Crippen molar-refractivity contribution in [2.75, 3.05) is 0 Å². The third kappa shape index (κ3) is 2.80. The van der Waals surface area contributed by atoms with Gasteiger partial charge in [-0.2, -0.15) is 0 Å². The molecule has 0 fully saturated rings. The number of aryl methyl sites for hydroxylation is 1. The van der Waals surface area contributed by atoms with Gasteiger partial charge in [0.25, 0.3) is 5.56 Å². The number of aromatic nitrogens is 1.